The molecule has 0 saturated carbocycles. The molecule has 0 N–H and O–H groups in total. The van der Waals surface area contributed by atoms with E-state index < -0.39 is 0 Å². The molecule has 118 valence electrons. The largest absolute Gasteiger partial charge is 0.376 e. The number of fused-ring (bicyclic) bond motifs is 1. The van der Waals surface area contributed by atoms with Crippen molar-refractivity contribution in [3.63, 3.8) is 0 Å². The average molecular weight is 317 g/mol. The van der Waals surface area contributed by atoms with E-state index in [-0.39, 0.29) is 0 Å². The zero-order valence-corrected chi connectivity index (χ0v) is 13.7. The fourth-order valence-electron chi connectivity index (χ4n) is 3.55. The fraction of sp³-hybridized carbons (Fsp3) is 0.647. The van der Waals surface area contributed by atoms with Crippen molar-refractivity contribution < 1.29 is 4.74 Å². The van der Waals surface area contributed by atoms with Crippen LogP contribution in [-0.4, -0.2) is 38.8 Å². The molecule has 0 radical (unpaired) electrons. The van der Waals surface area contributed by atoms with Gasteiger partial charge in [0.1, 0.15) is 11.3 Å². The smallest absolute Gasteiger partial charge is 0.160 e. The molecule has 5 heteroatoms. The van der Waals surface area contributed by atoms with Gasteiger partial charge in [-0.25, -0.2) is 9.97 Å². The van der Waals surface area contributed by atoms with Crippen molar-refractivity contribution >= 4 is 22.9 Å². The Hall–Kier alpha value is -1.07. The summed E-state index contributed by atoms with van der Waals surface area (Å²) < 4.78 is 8.17. The first-order valence-corrected chi connectivity index (χ1v) is 9.55. The zero-order chi connectivity index (χ0) is 14.8. The van der Waals surface area contributed by atoms with E-state index in [1.807, 2.05) is 12.3 Å². The number of rotatable bonds is 4. The van der Waals surface area contributed by atoms with Gasteiger partial charge in [0.2, 0.25) is 0 Å². The van der Waals surface area contributed by atoms with E-state index in [0.29, 0.717) is 6.10 Å². The van der Waals surface area contributed by atoms with Crippen LogP contribution in [0, 0.1) is 5.92 Å². The van der Waals surface area contributed by atoms with Gasteiger partial charge in [-0.05, 0) is 55.2 Å². The van der Waals surface area contributed by atoms with Gasteiger partial charge in [0, 0.05) is 19.2 Å². The van der Waals surface area contributed by atoms with Crippen molar-refractivity contribution in [3.05, 3.63) is 24.2 Å². The molecule has 22 heavy (non-hydrogen) atoms. The Bertz CT molecular complexity index is 630. The van der Waals surface area contributed by atoms with Crippen molar-refractivity contribution in [3.8, 4) is 0 Å². The van der Waals surface area contributed by atoms with Crippen LogP contribution in [0.5, 0.6) is 0 Å². The molecule has 4 nitrogen and oxygen atoms in total. The number of imidazole rings is 1. The molecule has 2 aliphatic heterocycles. The zero-order valence-electron chi connectivity index (χ0n) is 12.9. The number of aromatic nitrogens is 3. The molecule has 0 amide bonds. The van der Waals surface area contributed by atoms with E-state index in [9.17, 15) is 0 Å². The Morgan fingerprint density at radius 3 is 3.00 bits per heavy atom. The summed E-state index contributed by atoms with van der Waals surface area (Å²) in [4.78, 5) is 9.46. The van der Waals surface area contributed by atoms with E-state index in [1.54, 1.807) is 0 Å². The summed E-state index contributed by atoms with van der Waals surface area (Å²) in [6.07, 6.45) is 8.27. The number of hydrogen-bond acceptors (Lipinski definition) is 4. The molecule has 0 spiro atoms. The molecule has 0 aromatic carbocycles. The topological polar surface area (TPSA) is 39.9 Å². The fourth-order valence-corrected chi connectivity index (χ4v) is 4.76. The van der Waals surface area contributed by atoms with E-state index in [2.05, 4.69) is 27.4 Å². The Morgan fingerprint density at radius 1 is 1.27 bits per heavy atom. The van der Waals surface area contributed by atoms with Gasteiger partial charge in [-0.3, -0.25) is 0 Å². The first-order chi connectivity index (χ1) is 10.9. The van der Waals surface area contributed by atoms with Crippen molar-refractivity contribution in [2.24, 2.45) is 5.92 Å². The lowest BCUT2D eigenvalue weighted by Crippen LogP contribution is -2.20. The van der Waals surface area contributed by atoms with Crippen molar-refractivity contribution in [1.82, 2.24) is 14.5 Å². The Balaban J connectivity index is 1.62. The highest BCUT2D eigenvalue weighted by Crippen LogP contribution is 2.27. The maximum atomic E-state index is 5.84. The molecule has 4 rings (SSSR count). The van der Waals surface area contributed by atoms with Crippen LogP contribution in [-0.2, 0) is 17.7 Å². The minimum Gasteiger partial charge on any atom is -0.376 e. The second-order valence-corrected chi connectivity index (χ2v) is 7.60. The normalized spacial score (nSPS) is 23.4. The quantitative estimate of drug-likeness (QED) is 0.867. The minimum absolute atomic E-state index is 0.333. The maximum absolute atomic E-state index is 5.84. The van der Waals surface area contributed by atoms with E-state index in [0.717, 1.165) is 43.1 Å². The van der Waals surface area contributed by atoms with Crippen molar-refractivity contribution in [2.45, 2.75) is 44.8 Å². The van der Waals surface area contributed by atoms with Crippen LogP contribution >= 0.6 is 11.8 Å². The first kappa shape index (κ1) is 14.5. The van der Waals surface area contributed by atoms with Gasteiger partial charge in [0.15, 0.2) is 5.65 Å². The summed E-state index contributed by atoms with van der Waals surface area (Å²) in [5.41, 5.74) is 2.05. The predicted octanol–water partition coefficient (Wildman–Crippen LogP) is 3.30. The van der Waals surface area contributed by atoms with Gasteiger partial charge in [0.05, 0.1) is 12.6 Å². The molecule has 0 bridgehead atoms. The summed E-state index contributed by atoms with van der Waals surface area (Å²) >= 11 is 2.09. The lowest BCUT2D eigenvalue weighted by atomic mass is 9.98. The number of nitrogens with zero attached hydrogens (tertiary/aromatic N) is 3. The Labute approximate surface area is 135 Å². The van der Waals surface area contributed by atoms with Crippen LogP contribution in [0.3, 0.4) is 0 Å². The second-order valence-electron chi connectivity index (χ2n) is 6.38. The van der Waals surface area contributed by atoms with Gasteiger partial charge in [-0.1, -0.05) is 0 Å². The van der Waals surface area contributed by atoms with Crippen LogP contribution in [0.2, 0.25) is 0 Å². The minimum atomic E-state index is 0.333. The molecule has 0 aliphatic carbocycles. The van der Waals surface area contributed by atoms with Gasteiger partial charge in [-0.15, -0.1) is 0 Å². The molecule has 1 unspecified atom stereocenters. The first-order valence-electron chi connectivity index (χ1n) is 8.39. The molecule has 4 heterocycles. The third-order valence-electron chi connectivity index (χ3n) is 4.81. The molecule has 2 aromatic heterocycles. The lowest BCUT2D eigenvalue weighted by molar-refractivity contribution is 0.0969. The molecule has 2 aromatic rings. The summed E-state index contributed by atoms with van der Waals surface area (Å²) in [5.74, 6) is 4.59. The summed E-state index contributed by atoms with van der Waals surface area (Å²) in [6, 6.07) is 4.06. The monoisotopic (exact) mass is 317 g/mol. The van der Waals surface area contributed by atoms with Gasteiger partial charge in [-0.2, -0.15) is 11.8 Å². The summed E-state index contributed by atoms with van der Waals surface area (Å²) in [5, 5.41) is 0. The SMILES string of the molecule is c1cnc2c(c1)nc(CC1CCSCC1)n2CC1CCCO1. The molecule has 2 saturated heterocycles. The van der Waals surface area contributed by atoms with Crippen LogP contribution in [0.1, 0.15) is 31.5 Å². The second kappa shape index (κ2) is 6.59. The standard InChI is InChI=1S/C17H23N3OS/c1-4-15-17(18-7-1)20(12-14-3-2-8-21-14)16(19-15)11-13-5-9-22-10-6-13/h1,4,7,13-14H,2-3,5-6,8-12H2. The van der Waals surface area contributed by atoms with Gasteiger partial charge in [0.25, 0.3) is 0 Å². The van der Waals surface area contributed by atoms with Crippen LogP contribution < -0.4 is 0 Å². The average Bonchev–Trinajstić information content (AvgIpc) is 3.18. The highest BCUT2D eigenvalue weighted by Gasteiger charge is 2.22. The molecular formula is C17H23N3OS. The number of ether oxygens (including phenoxy) is 1. The molecule has 2 fully saturated rings. The molecule has 2 aliphatic rings. The number of thioether (sulfide) groups is 1. The molecular weight excluding hydrogens is 294 g/mol. The number of hydrogen-bond donors (Lipinski definition) is 0. The number of pyridine rings is 1. The maximum Gasteiger partial charge on any atom is 0.160 e. The Morgan fingerprint density at radius 2 is 2.18 bits per heavy atom. The molecule has 1 atom stereocenters. The van der Waals surface area contributed by atoms with E-state index in [1.165, 1.54) is 36.6 Å². The van der Waals surface area contributed by atoms with Gasteiger partial charge < -0.3 is 9.30 Å². The lowest BCUT2D eigenvalue weighted by Gasteiger charge is -2.22. The van der Waals surface area contributed by atoms with Crippen LogP contribution in [0.25, 0.3) is 11.2 Å². The third kappa shape index (κ3) is 3.01. The predicted molar refractivity (Wildman–Crippen MR) is 90.3 cm³/mol. The summed E-state index contributed by atoms with van der Waals surface area (Å²) in [7, 11) is 0. The van der Waals surface area contributed by atoms with E-state index >= 15 is 0 Å². The Kier molecular flexibility index (Phi) is 4.35. The third-order valence-corrected chi connectivity index (χ3v) is 5.85. The van der Waals surface area contributed by atoms with Crippen molar-refractivity contribution in [1.29, 1.82) is 0 Å². The van der Waals surface area contributed by atoms with Crippen molar-refractivity contribution in [2.75, 3.05) is 18.1 Å². The van der Waals surface area contributed by atoms with Gasteiger partial charge >= 0.3 is 0 Å². The summed E-state index contributed by atoms with van der Waals surface area (Å²) in [6.45, 7) is 1.81. The highest BCUT2D eigenvalue weighted by atomic mass is 32.2. The highest BCUT2D eigenvalue weighted by molar-refractivity contribution is 7.99. The van der Waals surface area contributed by atoms with E-state index in [4.69, 9.17) is 9.72 Å². The van der Waals surface area contributed by atoms with Crippen LogP contribution in [0.4, 0.5) is 0 Å². The van der Waals surface area contributed by atoms with Crippen LogP contribution in [0.15, 0.2) is 18.3 Å².